The van der Waals surface area contributed by atoms with Crippen molar-refractivity contribution in [1.82, 2.24) is 14.9 Å². The van der Waals surface area contributed by atoms with E-state index in [-0.39, 0.29) is 0 Å². The highest BCUT2D eigenvalue weighted by molar-refractivity contribution is 5.43. The SMILES string of the molecule is c1ccc(Oc2ccc(CN3CC(Nc4nccc(N5CCCCCC5)n4)C3)cc2)cc1. The molecule has 166 valence electrons. The highest BCUT2D eigenvalue weighted by atomic mass is 16.5. The average molecular weight is 430 g/mol. The molecule has 0 bridgehead atoms. The Hall–Kier alpha value is -3.12. The van der Waals surface area contributed by atoms with E-state index in [1.165, 1.54) is 31.2 Å². The topological polar surface area (TPSA) is 53.5 Å². The lowest BCUT2D eigenvalue weighted by Gasteiger charge is -2.39. The number of nitrogens with zero attached hydrogens (tertiary/aromatic N) is 4. The van der Waals surface area contributed by atoms with Crippen LogP contribution < -0.4 is 15.0 Å². The summed E-state index contributed by atoms with van der Waals surface area (Å²) in [6.45, 7) is 5.14. The summed E-state index contributed by atoms with van der Waals surface area (Å²) < 4.78 is 5.88. The highest BCUT2D eigenvalue weighted by Crippen LogP contribution is 2.23. The molecule has 0 unspecified atom stereocenters. The van der Waals surface area contributed by atoms with Crippen LogP contribution in [0.3, 0.4) is 0 Å². The highest BCUT2D eigenvalue weighted by Gasteiger charge is 2.27. The van der Waals surface area contributed by atoms with Gasteiger partial charge in [0.1, 0.15) is 17.3 Å². The third kappa shape index (κ3) is 5.37. The number of ether oxygens (including phenoxy) is 1. The van der Waals surface area contributed by atoms with Crippen LogP contribution in [0.4, 0.5) is 11.8 Å². The molecule has 2 aromatic carbocycles. The molecule has 2 aliphatic heterocycles. The van der Waals surface area contributed by atoms with Crippen LogP contribution in [0, 0.1) is 0 Å². The number of rotatable bonds is 7. The Morgan fingerprint density at radius 1 is 0.844 bits per heavy atom. The Labute approximate surface area is 190 Å². The van der Waals surface area contributed by atoms with E-state index in [2.05, 4.69) is 32.2 Å². The minimum absolute atomic E-state index is 0.398. The first kappa shape index (κ1) is 20.8. The van der Waals surface area contributed by atoms with Crippen LogP contribution in [0.2, 0.25) is 0 Å². The molecule has 6 heteroatoms. The van der Waals surface area contributed by atoms with Gasteiger partial charge in [-0.05, 0) is 48.7 Å². The third-order valence-electron chi connectivity index (χ3n) is 6.17. The second-order valence-corrected chi connectivity index (χ2v) is 8.73. The predicted molar refractivity (Wildman–Crippen MR) is 128 cm³/mol. The number of hydrogen-bond acceptors (Lipinski definition) is 6. The number of likely N-dealkylation sites (tertiary alicyclic amines) is 1. The van der Waals surface area contributed by atoms with Crippen molar-refractivity contribution < 1.29 is 4.74 Å². The molecule has 6 nitrogen and oxygen atoms in total. The molecule has 3 aromatic rings. The Morgan fingerprint density at radius 3 is 2.31 bits per heavy atom. The summed E-state index contributed by atoms with van der Waals surface area (Å²) in [5, 5.41) is 3.52. The van der Waals surface area contributed by atoms with Gasteiger partial charge in [0.15, 0.2) is 0 Å². The lowest BCUT2D eigenvalue weighted by Crippen LogP contribution is -2.54. The van der Waals surface area contributed by atoms with E-state index in [4.69, 9.17) is 9.72 Å². The van der Waals surface area contributed by atoms with E-state index in [9.17, 15) is 0 Å². The molecule has 0 atom stereocenters. The van der Waals surface area contributed by atoms with Gasteiger partial charge in [0.25, 0.3) is 0 Å². The maximum absolute atomic E-state index is 5.88. The molecule has 0 saturated carbocycles. The second kappa shape index (κ2) is 10.0. The Balaban J connectivity index is 1.09. The summed E-state index contributed by atoms with van der Waals surface area (Å²) in [7, 11) is 0. The molecule has 0 spiro atoms. The van der Waals surface area contributed by atoms with Crippen molar-refractivity contribution in [3.8, 4) is 11.5 Å². The number of para-hydroxylation sites is 1. The zero-order valence-corrected chi connectivity index (χ0v) is 18.5. The van der Waals surface area contributed by atoms with Crippen molar-refractivity contribution in [3.05, 3.63) is 72.4 Å². The van der Waals surface area contributed by atoms with E-state index in [0.29, 0.717) is 6.04 Å². The third-order valence-corrected chi connectivity index (χ3v) is 6.17. The summed E-state index contributed by atoms with van der Waals surface area (Å²) in [6, 6.07) is 20.7. The number of anilines is 2. The molecule has 2 aliphatic rings. The first-order chi connectivity index (χ1) is 15.8. The van der Waals surface area contributed by atoms with Gasteiger partial charge in [-0.2, -0.15) is 4.98 Å². The quantitative estimate of drug-likeness (QED) is 0.574. The average Bonchev–Trinajstić information content (AvgIpc) is 3.09. The van der Waals surface area contributed by atoms with Gasteiger partial charge < -0.3 is 15.0 Å². The normalized spacial score (nSPS) is 17.4. The first-order valence-electron chi connectivity index (χ1n) is 11.7. The van der Waals surface area contributed by atoms with Gasteiger partial charge in [-0.15, -0.1) is 0 Å². The number of nitrogens with one attached hydrogen (secondary N) is 1. The van der Waals surface area contributed by atoms with Crippen molar-refractivity contribution in [2.45, 2.75) is 38.3 Å². The van der Waals surface area contributed by atoms with Gasteiger partial charge in [0, 0.05) is 38.9 Å². The first-order valence-corrected chi connectivity index (χ1v) is 11.7. The number of benzene rings is 2. The second-order valence-electron chi connectivity index (χ2n) is 8.73. The molecule has 0 amide bonds. The van der Waals surface area contributed by atoms with E-state index in [1.54, 1.807) is 0 Å². The van der Waals surface area contributed by atoms with Crippen LogP contribution in [0.5, 0.6) is 11.5 Å². The number of aromatic nitrogens is 2. The monoisotopic (exact) mass is 429 g/mol. The summed E-state index contributed by atoms with van der Waals surface area (Å²) in [5.41, 5.74) is 1.29. The summed E-state index contributed by atoms with van der Waals surface area (Å²) in [5.74, 6) is 3.53. The van der Waals surface area contributed by atoms with Crippen LogP contribution in [0.25, 0.3) is 0 Å². The zero-order chi connectivity index (χ0) is 21.6. The molecule has 2 saturated heterocycles. The predicted octanol–water partition coefficient (Wildman–Crippen LogP) is 4.95. The van der Waals surface area contributed by atoms with Crippen molar-refractivity contribution in [2.75, 3.05) is 36.4 Å². The summed E-state index contributed by atoms with van der Waals surface area (Å²) in [4.78, 5) is 14.1. The molecule has 0 radical (unpaired) electrons. The van der Waals surface area contributed by atoms with E-state index in [1.807, 2.05) is 54.7 Å². The maximum Gasteiger partial charge on any atom is 0.224 e. The molecule has 5 rings (SSSR count). The number of hydrogen-bond donors (Lipinski definition) is 1. The molecular formula is C26H31N5O. The fraction of sp³-hybridized carbons (Fsp3) is 0.385. The smallest absolute Gasteiger partial charge is 0.224 e. The molecule has 1 aromatic heterocycles. The minimum atomic E-state index is 0.398. The largest absolute Gasteiger partial charge is 0.457 e. The van der Waals surface area contributed by atoms with E-state index in [0.717, 1.165) is 56.0 Å². The van der Waals surface area contributed by atoms with Gasteiger partial charge in [-0.1, -0.05) is 43.2 Å². The Kier molecular flexibility index (Phi) is 6.49. The van der Waals surface area contributed by atoms with Crippen molar-refractivity contribution in [3.63, 3.8) is 0 Å². The van der Waals surface area contributed by atoms with Crippen molar-refractivity contribution in [1.29, 1.82) is 0 Å². The lowest BCUT2D eigenvalue weighted by atomic mass is 10.1. The van der Waals surface area contributed by atoms with Gasteiger partial charge in [-0.25, -0.2) is 4.98 Å². The maximum atomic E-state index is 5.88. The summed E-state index contributed by atoms with van der Waals surface area (Å²) >= 11 is 0. The molecular weight excluding hydrogens is 398 g/mol. The van der Waals surface area contributed by atoms with Crippen LogP contribution in [-0.2, 0) is 6.54 Å². The zero-order valence-electron chi connectivity index (χ0n) is 18.5. The molecule has 2 fully saturated rings. The van der Waals surface area contributed by atoms with Crippen LogP contribution in [0.15, 0.2) is 66.9 Å². The van der Waals surface area contributed by atoms with E-state index < -0.39 is 0 Å². The summed E-state index contributed by atoms with van der Waals surface area (Å²) in [6.07, 6.45) is 7.04. The molecule has 1 N–H and O–H groups in total. The van der Waals surface area contributed by atoms with Gasteiger partial charge >= 0.3 is 0 Å². The lowest BCUT2D eigenvalue weighted by molar-refractivity contribution is 0.152. The molecule has 0 aliphatic carbocycles. The standard InChI is InChI=1S/C26H31N5O/c1-2-7-17-31(16-6-1)25-14-15-27-26(29-25)28-22-19-30(20-22)18-21-10-12-24(13-11-21)32-23-8-4-3-5-9-23/h3-5,8-15,22H,1-2,6-7,16-20H2,(H,27,28,29). The Bertz CT molecular complexity index is 981. The van der Waals surface area contributed by atoms with Crippen molar-refractivity contribution in [2.24, 2.45) is 0 Å². The van der Waals surface area contributed by atoms with Gasteiger partial charge in [0.2, 0.25) is 5.95 Å². The van der Waals surface area contributed by atoms with Crippen LogP contribution >= 0.6 is 0 Å². The Morgan fingerprint density at radius 2 is 1.56 bits per heavy atom. The molecule has 32 heavy (non-hydrogen) atoms. The van der Waals surface area contributed by atoms with Crippen LogP contribution in [-0.4, -0.2) is 47.1 Å². The minimum Gasteiger partial charge on any atom is -0.457 e. The van der Waals surface area contributed by atoms with E-state index >= 15 is 0 Å². The fourth-order valence-corrected chi connectivity index (χ4v) is 4.41. The van der Waals surface area contributed by atoms with Gasteiger partial charge in [-0.3, -0.25) is 4.90 Å². The fourth-order valence-electron chi connectivity index (χ4n) is 4.41. The molecule has 3 heterocycles. The van der Waals surface area contributed by atoms with Gasteiger partial charge in [0.05, 0.1) is 6.04 Å². The van der Waals surface area contributed by atoms with Crippen molar-refractivity contribution >= 4 is 11.8 Å². The van der Waals surface area contributed by atoms with Crippen LogP contribution in [0.1, 0.15) is 31.2 Å².